The van der Waals surface area contributed by atoms with Crippen molar-refractivity contribution in [2.75, 3.05) is 13.2 Å². The summed E-state index contributed by atoms with van der Waals surface area (Å²) in [5.74, 6) is 0. The Bertz CT molecular complexity index is 293. The lowest BCUT2D eigenvalue weighted by atomic mass is 10.1. The van der Waals surface area contributed by atoms with Crippen LogP contribution in [0.1, 0.15) is 103 Å². The zero-order valence-electron chi connectivity index (χ0n) is 18.8. The van der Waals surface area contributed by atoms with Crippen molar-refractivity contribution in [3.63, 3.8) is 0 Å². The molecule has 0 aliphatic heterocycles. The van der Waals surface area contributed by atoms with E-state index in [0.717, 1.165) is 13.2 Å². The zero-order chi connectivity index (χ0) is 19.3. The molecule has 0 amide bonds. The molecule has 0 bridgehead atoms. The first-order valence-electron chi connectivity index (χ1n) is 11.8. The zero-order valence-corrected chi connectivity index (χ0v) is 19.8. The third kappa shape index (κ3) is 23.9. The minimum Gasteiger partial charge on any atom is -0.381 e. The summed E-state index contributed by atoms with van der Waals surface area (Å²) < 4.78 is 5.76. The van der Waals surface area contributed by atoms with E-state index in [1.165, 1.54) is 102 Å². The van der Waals surface area contributed by atoms with Gasteiger partial charge in [0, 0.05) is 21.3 Å². The summed E-state index contributed by atoms with van der Waals surface area (Å²) in [6.45, 7) is 11.6. The first kappa shape index (κ1) is 25.9. The number of hydrogen-bond acceptors (Lipinski definition) is 1. The lowest BCUT2D eigenvalue weighted by Gasteiger charge is -2.15. The molecule has 2 heteroatoms. The van der Waals surface area contributed by atoms with Crippen LogP contribution < -0.4 is 0 Å². The van der Waals surface area contributed by atoms with Crippen LogP contribution in [0.25, 0.3) is 0 Å². The van der Waals surface area contributed by atoms with Gasteiger partial charge in [-0.2, -0.15) is 0 Å². The maximum absolute atomic E-state index is 5.76. The molecule has 0 radical (unpaired) electrons. The molecule has 0 saturated heterocycles. The predicted molar refractivity (Wildman–Crippen MR) is 123 cm³/mol. The van der Waals surface area contributed by atoms with Crippen LogP contribution in [0.2, 0.25) is 25.7 Å². The molecule has 26 heavy (non-hydrogen) atoms. The molecule has 0 rings (SSSR count). The number of rotatable bonds is 20. The smallest absolute Gasteiger partial charge is 0.0466 e. The molecule has 0 aliphatic rings. The third-order valence-electron chi connectivity index (χ3n) is 5.02. The van der Waals surface area contributed by atoms with E-state index in [2.05, 4.69) is 38.7 Å². The van der Waals surface area contributed by atoms with Crippen LogP contribution in [-0.4, -0.2) is 21.3 Å². The molecule has 156 valence electrons. The van der Waals surface area contributed by atoms with Crippen molar-refractivity contribution < 1.29 is 4.74 Å². The van der Waals surface area contributed by atoms with E-state index < -0.39 is 8.07 Å². The maximum atomic E-state index is 5.76. The molecular weight excluding hydrogens is 332 g/mol. The molecule has 0 N–H and O–H groups in total. The molecule has 0 saturated carbocycles. The second-order valence-electron chi connectivity index (χ2n) is 9.21. The molecular formula is C24H50OSi. The van der Waals surface area contributed by atoms with Gasteiger partial charge < -0.3 is 4.74 Å². The molecule has 0 aromatic carbocycles. The molecule has 0 aliphatic carbocycles. The molecule has 0 aromatic heterocycles. The van der Waals surface area contributed by atoms with E-state index in [4.69, 9.17) is 4.74 Å². The number of hydrogen-bond donors (Lipinski definition) is 0. The van der Waals surface area contributed by atoms with Crippen LogP contribution in [0.5, 0.6) is 0 Å². The van der Waals surface area contributed by atoms with Crippen LogP contribution in [0.3, 0.4) is 0 Å². The van der Waals surface area contributed by atoms with Gasteiger partial charge in [0.25, 0.3) is 0 Å². The minimum atomic E-state index is -0.856. The Kier molecular flexibility index (Phi) is 19.6. The Morgan fingerprint density at radius 2 is 1.04 bits per heavy atom. The van der Waals surface area contributed by atoms with Crippen molar-refractivity contribution in [1.82, 2.24) is 0 Å². The Labute approximate surface area is 167 Å². The normalized spacial score (nSPS) is 12.3. The fraction of sp³-hybridized carbons (Fsp3) is 0.917. The molecule has 0 aromatic rings. The second kappa shape index (κ2) is 19.7. The van der Waals surface area contributed by atoms with Crippen LogP contribution in [0.15, 0.2) is 12.2 Å². The van der Waals surface area contributed by atoms with Gasteiger partial charge in [0.05, 0.1) is 0 Å². The van der Waals surface area contributed by atoms with Gasteiger partial charge in [-0.3, -0.25) is 0 Å². The minimum absolute atomic E-state index is 0.856. The van der Waals surface area contributed by atoms with Crippen molar-refractivity contribution in [2.45, 2.75) is 129 Å². The van der Waals surface area contributed by atoms with E-state index in [-0.39, 0.29) is 0 Å². The van der Waals surface area contributed by atoms with Crippen LogP contribution >= 0.6 is 0 Å². The first-order chi connectivity index (χ1) is 12.6. The predicted octanol–water partition coefficient (Wildman–Crippen LogP) is 8.77. The quantitative estimate of drug-likeness (QED) is 0.116. The van der Waals surface area contributed by atoms with Gasteiger partial charge in [0.15, 0.2) is 0 Å². The molecule has 0 fully saturated rings. The Morgan fingerprint density at radius 3 is 1.58 bits per heavy atom. The molecule has 0 unspecified atom stereocenters. The third-order valence-corrected chi connectivity index (χ3v) is 6.87. The van der Waals surface area contributed by atoms with Gasteiger partial charge in [-0.05, 0) is 38.5 Å². The summed E-state index contributed by atoms with van der Waals surface area (Å²) in [5, 5.41) is 0. The first-order valence-corrected chi connectivity index (χ1v) is 15.5. The Morgan fingerprint density at radius 1 is 0.577 bits per heavy atom. The summed E-state index contributed by atoms with van der Waals surface area (Å²) in [4.78, 5) is 0. The van der Waals surface area contributed by atoms with Gasteiger partial charge in [0.1, 0.15) is 0 Å². The molecule has 1 nitrogen and oxygen atoms in total. The highest BCUT2D eigenvalue weighted by atomic mass is 28.3. The van der Waals surface area contributed by atoms with Crippen LogP contribution in [0.4, 0.5) is 0 Å². The van der Waals surface area contributed by atoms with Gasteiger partial charge in [-0.1, -0.05) is 103 Å². The van der Waals surface area contributed by atoms with Gasteiger partial charge in [0.2, 0.25) is 0 Å². The lowest BCUT2D eigenvalue weighted by Crippen LogP contribution is -2.19. The van der Waals surface area contributed by atoms with Crippen molar-refractivity contribution >= 4 is 8.07 Å². The van der Waals surface area contributed by atoms with E-state index >= 15 is 0 Å². The topological polar surface area (TPSA) is 9.23 Å². The standard InChI is InChI=1S/C24H50OSi/c1-5-6-7-8-9-10-11-12-13-14-15-16-17-18-19-20-22-25-23-21-24-26(2,3)4/h12-13H,5-11,14-24H2,1-4H3/b13-12-. The van der Waals surface area contributed by atoms with Crippen LogP contribution in [0, 0.1) is 0 Å². The van der Waals surface area contributed by atoms with Crippen LogP contribution in [-0.2, 0) is 4.74 Å². The van der Waals surface area contributed by atoms with Crippen molar-refractivity contribution in [2.24, 2.45) is 0 Å². The van der Waals surface area contributed by atoms with Crippen molar-refractivity contribution in [3.8, 4) is 0 Å². The number of allylic oxidation sites excluding steroid dienone is 2. The highest BCUT2D eigenvalue weighted by Gasteiger charge is 2.11. The van der Waals surface area contributed by atoms with E-state index in [1.807, 2.05) is 0 Å². The summed E-state index contributed by atoms with van der Waals surface area (Å²) in [6.07, 6.45) is 25.3. The summed E-state index contributed by atoms with van der Waals surface area (Å²) in [5.41, 5.74) is 0. The molecule has 0 atom stereocenters. The average Bonchev–Trinajstić information content (AvgIpc) is 2.59. The lowest BCUT2D eigenvalue weighted by molar-refractivity contribution is 0.130. The van der Waals surface area contributed by atoms with Gasteiger partial charge in [-0.25, -0.2) is 0 Å². The summed E-state index contributed by atoms with van der Waals surface area (Å²) >= 11 is 0. The number of unbranched alkanes of at least 4 members (excludes halogenated alkanes) is 12. The van der Waals surface area contributed by atoms with Crippen molar-refractivity contribution in [1.29, 1.82) is 0 Å². The maximum Gasteiger partial charge on any atom is 0.0466 e. The van der Waals surface area contributed by atoms with E-state index in [1.54, 1.807) is 0 Å². The molecule has 0 spiro atoms. The number of ether oxygens (including phenoxy) is 1. The van der Waals surface area contributed by atoms with E-state index in [9.17, 15) is 0 Å². The van der Waals surface area contributed by atoms with Gasteiger partial charge in [-0.15, -0.1) is 0 Å². The summed E-state index contributed by atoms with van der Waals surface area (Å²) in [7, 11) is -0.856. The second-order valence-corrected chi connectivity index (χ2v) is 14.8. The average molecular weight is 383 g/mol. The van der Waals surface area contributed by atoms with E-state index in [0.29, 0.717) is 0 Å². The fourth-order valence-electron chi connectivity index (χ4n) is 3.26. The highest BCUT2D eigenvalue weighted by Crippen LogP contribution is 2.12. The SMILES string of the molecule is CCCCCCCC/C=C\CCCCCCCCOCCC[Si](C)(C)C. The fourth-order valence-corrected chi connectivity index (χ4v) is 4.46. The monoisotopic (exact) mass is 382 g/mol. The Balaban J connectivity index is 3.10. The summed E-state index contributed by atoms with van der Waals surface area (Å²) in [6, 6.07) is 1.40. The molecule has 0 heterocycles. The Hall–Kier alpha value is -0.0831. The highest BCUT2D eigenvalue weighted by molar-refractivity contribution is 6.76. The van der Waals surface area contributed by atoms with Gasteiger partial charge >= 0.3 is 0 Å². The largest absolute Gasteiger partial charge is 0.381 e. The van der Waals surface area contributed by atoms with Crippen molar-refractivity contribution in [3.05, 3.63) is 12.2 Å².